The first kappa shape index (κ1) is 23.5. The largest absolute Gasteiger partial charge is 0.507 e. The highest BCUT2D eigenvalue weighted by atomic mass is 16.3. The van der Waals surface area contributed by atoms with Crippen molar-refractivity contribution in [1.82, 2.24) is 0 Å². The van der Waals surface area contributed by atoms with Crippen LogP contribution in [0.1, 0.15) is 108 Å². The fourth-order valence-corrected chi connectivity index (χ4v) is 4.90. The monoisotopic (exact) mass is 394 g/mol. The lowest BCUT2D eigenvalue weighted by molar-refractivity contribution is 0.449. The minimum atomic E-state index is -0.117. The molecule has 2 rings (SSSR count). The summed E-state index contributed by atoms with van der Waals surface area (Å²) >= 11 is 0. The van der Waals surface area contributed by atoms with Crippen molar-refractivity contribution >= 4 is 16.3 Å². The molecule has 29 heavy (non-hydrogen) atoms. The van der Waals surface area contributed by atoms with Gasteiger partial charge in [0.15, 0.2) is 0 Å². The van der Waals surface area contributed by atoms with Crippen LogP contribution in [0.5, 0.6) is 5.75 Å². The fraction of sp³-hybridized carbons (Fsp3) is 0.571. The molecule has 0 aliphatic rings. The van der Waals surface area contributed by atoms with Gasteiger partial charge in [0.05, 0.1) is 0 Å². The predicted octanol–water partition coefficient (Wildman–Crippen LogP) is 8.51. The number of phenols is 1. The van der Waals surface area contributed by atoms with E-state index in [-0.39, 0.29) is 5.41 Å². The van der Waals surface area contributed by atoms with Crippen LogP contribution in [0.2, 0.25) is 0 Å². The summed E-state index contributed by atoms with van der Waals surface area (Å²) in [5.74, 6) is 0.519. The minimum absolute atomic E-state index is 0.117. The van der Waals surface area contributed by atoms with Crippen molar-refractivity contribution in [1.29, 1.82) is 0 Å². The Labute approximate surface area is 179 Å². The molecule has 0 saturated carbocycles. The molecule has 0 heterocycles. The van der Waals surface area contributed by atoms with E-state index >= 15 is 0 Å². The molecule has 2 aromatic rings. The van der Waals surface area contributed by atoms with E-state index in [1.54, 1.807) is 0 Å². The van der Waals surface area contributed by atoms with Crippen molar-refractivity contribution in [3.8, 4) is 5.75 Å². The van der Waals surface area contributed by atoms with Gasteiger partial charge < -0.3 is 5.11 Å². The Balaban J connectivity index is 3.10. The van der Waals surface area contributed by atoms with Gasteiger partial charge in [0.2, 0.25) is 0 Å². The maximum atomic E-state index is 11.7. The van der Waals surface area contributed by atoms with Crippen molar-refractivity contribution in [3.63, 3.8) is 0 Å². The number of hydrogen-bond acceptors (Lipinski definition) is 1. The Kier molecular flexibility index (Phi) is 7.97. The van der Waals surface area contributed by atoms with Crippen LogP contribution in [0, 0.1) is 0 Å². The molecule has 2 aromatic carbocycles. The molecule has 0 aromatic heterocycles. The van der Waals surface area contributed by atoms with Gasteiger partial charge >= 0.3 is 0 Å². The van der Waals surface area contributed by atoms with Gasteiger partial charge in [0, 0.05) is 10.9 Å². The molecule has 1 heteroatoms. The van der Waals surface area contributed by atoms with E-state index < -0.39 is 0 Å². The highest BCUT2D eigenvalue weighted by molar-refractivity contribution is 6.02. The first-order valence-corrected chi connectivity index (χ1v) is 11.7. The molecule has 1 N–H and O–H groups in total. The van der Waals surface area contributed by atoms with E-state index in [1.807, 2.05) is 0 Å². The van der Waals surface area contributed by atoms with Crippen LogP contribution in [0.25, 0.3) is 16.3 Å². The Bertz CT molecular complexity index is 864. The fourth-order valence-electron chi connectivity index (χ4n) is 4.90. The highest BCUT2D eigenvalue weighted by Gasteiger charge is 2.29. The topological polar surface area (TPSA) is 20.2 Å². The molecule has 0 spiro atoms. The van der Waals surface area contributed by atoms with Crippen LogP contribution in [0.4, 0.5) is 0 Å². The van der Waals surface area contributed by atoms with Crippen molar-refractivity contribution in [2.24, 2.45) is 0 Å². The molecule has 0 radical (unpaired) electrons. The van der Waals surface area contributed by atoms with Gasteiger partial charge in [0.25, 0.3) is 0 Å². The first-order chi connectivity index (χ1) is 13.7. The van der Waals surface area contributed by atoms with Crippen LogP contribution >= 0.6 is 0 Å². The molecule has 0 unspecified atom stereocenters. The summed E-state index contributed by atoms with van der Waals surface area (Å²) in [6.07, 6.45) is 8.42. The van der Waals surface area contributed by atoms with Crippen molar-refractivity contribution in [3.05, 3.63) is 46.5 Å². The molecule has 0 atom stereocenters. The Morgan fingerprint density at radius 2 is 1.45 bits per heavy atom. The Hall–Kier alpha value is -1.76. The maximum Gasteiger partial charge on any atom is 0.127 e. The molecule has 1 nitrogen and oxygen atoms in total. The zero-order valence-corrected chi connectivity index (χ0v) is 20.0. The summed E-state index contributed by atoms with van der Waals surface area (Å²) in [5, 5.41) is 14.0. The molecule has 0 amide bonds. The van der Waals surface area contributed by atoms with E-state index in [0.29, 0.717) is 5.75 Å². The molecule has 0 fully saturated rings. The molecule has 0 aliphatic heterocycles. The number of phenolic OH excluding ortho intramolecular Hbond substituents is 1. The van der Waals surface area contributed by atoms with Gasteiger partial charge in [-0.1, -0.05) is 92.9 Å². The summed E-state index contributed by atoms with van der Waals surface area (Å²) in [6, 6.07) is 4.58. The minimum Gasteiger partial charge on any atom is -0.507 e. The zero-order chi connectivity index (χ0) is 21.8. The molecule has 0 saturated heterocycles. The lowest BCUT2D eigenvalue weighted by Crippen LogP contribution is -2.17. The van der Waals surface area contributed by atoms with Gasteiger partial charge in [-0.05, 0) is 64.3 Å². The van der Waals surface area contributed by atoms with E-state index in [9.17, 15) is 5.11 Å². The quantitative estimate of drug-likeness (QED) is 0.452. The molecule has 0 aliphatic carbocycles. The smallest absolute Gasteiger partial charge is 0.127 e. The van der Waals surface area contributed by atoms with Crippen LogP contribution < -0.4 is 0 Å². The number of hydrogen-bond donors (Lipinski definition) is 1. The number of allylic oxidation sites excluding steroid dienone is 1. The summed E-state index contributed by atoms with van der Waals surface area (Å²) < 4.78 is 0. The van der Waals surface area contributed by atoms with Crippen molar-refractivity contribution in [2.45, 2.75) is 105 Å². The summed E-state index contributed by atoms with van der Waals surface area (Å²) in [6.45, 7) is 20.1. The second kappa shape index (κ2) is 9.83. The standard InChI is InChI=1S/C28H42O/c1-9-13-19(5)24-22-18-17-20(14-10-2)21(15-11-3)25(22)27(29)26(28(6,7)8)23(24)16-12-4/h17-18,29H,5,9-16H2,1-4,6-8H3. The third kappa shape index (κ3) is 4.71. The van der Waals surface area contributed by atoms with E-state index in [1.165, 1.54) is 33.2 Å². The number of rotatable bonds is 9. The van der Waals surface area contributed by atoms with E-state index in [0.717, 1.165) is 62.3 Å². The third-order valence-electron chi connectivity index (χ3n) is 5.93. The van der Waals surface area contributed by atoms with Gasteiger partial charge in [-0.25, -0.2) is 0 Å². The van der Waals surface area contributed by atoms with Crippen molar-refractivity contribution in [2.75, 3.05) is 0 Å². The van der Waals surface area contributed by atoms with Gasteiger partial charge in [0.1, 0.15) is 5.75 Å². The van der Waals surface area contributed by atoms with Crippen LogP contribution in [0.3, 0.4) is 0 Å². The van der Waals surface area contributed by atoms with Gasteiger partial charge in [-0.15, -0.1) is 0 Å². The lowest BCUT2D eigenvalue weighted by Gasteiger charge is -2.30. The zero-order valence-electron chi connectivity index (χ0n) is 20.0. The number of benzene rings is 2. The second-order valence-electron chi connectivity index (χ2n) is 9.56. The average molecular weight is 395 g/mol. The summed E-state index contributed by atoms with van der Waals surface area (Å²) in [7, 11) is 0. The van der Waals surface area contributed by atoms with Crippen LogP contribution in [-0.4, -0.2) is 5.11 Å². The Morgan fingerprint density at radius 3 is 1.97 bits per heavy atom. The number of fused-ring (bicyclic) bond motifs is 1. The molecular formula is C28H42O. The van der Waals surface area contributed by atoms with Gasteiger partial charge in [-0.3, -0.25) is 0 Å². The number of aromatic hydroxyl groups is 1. The normalized spacial score (nSPS) is 12.0. The average Bonchev–Trinajstić information content (AvgIpc) is 2.63. The second-order valence-corrected chi connectivity index (χ2v) is 9.56. The van der Waals surface area contributed by atoms with Gasteiger partial charge in [-0.2, -0.15) is 0 Å². The predicted molar refractivity (Wildman–Crippen MR) is 130 cm³/mol. The van der Waals surface area contributed by atoms with E-state index in [2.05, 4.69) is 67.2 Å². The maximum absolute atomic E-state index is 11.7. The summed E-state index contributed by atoms with van der Waals surface area (Å²) in [4.78, 5) is 0. The van der Waals surface area contributed by atoms with Crippen LogP contribution in [0.15, 0.2) is 18.7 Å². The first-order valence-electron chi connectivity index (χ1n) is 11.7. The third-order valence-corrected chi connectivity index (χ3v) is 5.93. The molecule has 0 bridgehead atoms. The number of aryl methyl sites for hydroxylation is 2. The highest BCUT2D eigenvalue weighted by Crippen LogP contribution is 2.47. The van der Waals surface area contributed by atoms with Crippen LogP contribution in [-0.2, 0) is 24.7 Å². The van der Waals surface area contributed by atoms with E-state index in [4.69, 9.17) is 0 Å². The molecular weight excluding hydrogens is 352 g/mol. The SMILES string of the molecule is C=C(CCC)c1c(CCC)c(C(C)(C)C)c(O)c2c(CCC)c(CCC)ccc12. The van der Waals surface area contributed by atoms with Crippen molar-refractivity contribution < 1.29 is 5.11 Å². The lowest BCUT2D eigenvalue weighted by atomic mass is 9.75. The summed E-state index contributed by atoms with van der Waals surface area (Å²) in [5.41, 5.74) is 7.60. The molecule has 160 valence electrons. The Morgan fingerprint density at radius 1 is 0.862 bits per heavy atom.